The van der Waals surface area contributed by atoms with Gasteiger partial charge in [0.2, 0.25) is 0 Å². The van der Waals surface area contributed by atoms with Crippen LogP contribution in [-0.4, -0.2) is 31.6 Å². The Labute approximate surface area is 205 Å². The average molecular weight is 490 g/mol. The molecule has 0 spiro atoms. The van der Waals surface area contributed by atoms with E-state index in [9.17, 15) is 14.7 Å². The third kappa shape index (κ3) is 4.28. The number of carbonyl (C=O) groups is 2. The molecule has 0 fully saturated rings. The summed E-state index contributed by atoms with van der Waals surface area (Å²) >= 11 is 1.35. The molecule has 1 aliphatic rings. The minimum atomic E-state index is -1.02. The number of carboxylic acid groups (broad SMARTS) is 1. The first-order valence-corrected chi connectivity index (χ1v) is 12.0. The summed E-state index contributed by atoms with van der Waals surface area (Å²) in [4.78, 5) is 34.9. The zero-order chi connectivity index (χ0) is 24.7. The number of aryl methyl sites for hydroxylation is 1. The molecule has 0 saturated carbocycles. The first-order valence-electron chi connectivity index (χ1n) is 11.0. The normalized spacial score (nSPS) is 13.3. The summed E-state index contributed by atoms with van der Waals surface area (Å²) in [6.45, 7) is 9.10. The number of oxazole rings is 1. The van der Waals surface area contributed by atoms with E-state index in [1.807, 2.05) is 42.7 Å². The number of aromatic nitrogens is 3. The molecule has 178 valence electrons. The first kappa shape index (κ1) is 22.7. The van der Waals surface area contributed by atoms with Crippen molar-refractivity contribution in [2.24, 2.45) is 0 Å². The summed E-state index contributed by atoms with van der Waals surface area (Å²) in [5.74, 6) is 0.744. The van der Waals surface area contributed by atoms with Gasteiger partial charge in [-0.25, -0.2) is 19.6 Å². The highest BCUT2D eigenvalue weighted by atomic mass is 32.2. The van der Waals surface area contributed by atoms with E-state index in [-0.39, 0.29) is 11.6 Å². The summed E-state index contributed by atoms with van der Waals surface area (Å²) in [5.41, 5.74) is 4.58. The number of aromatic carboxylic acids is 1. The Hall–Kier alpha value is -4.05. The van der Waals surface area contributed by atoms with Crippen molar-refractivity contribution in [1.29, 1.82) is 0 Å². The predicted octanol–water partition coefficient (Wildman–Crippen LogP) is 5.04. The van der Waals surface area contributed by atoms with Crippen LogP contribution in [0.5, 0.6) is 0 Å². The molecule has 1 aliphatic heterocycles. The van der Waals surface area contributed by atoms with E-state index in [0.717, 1.165) is 22.6 Å². The third-order valence-corrected chi connectivity index (χ3v) is 6.61. The number of hydrogen-bond acceptors (Lipinski definition) is 6. The van der Waals surface area contributed by atoms with Crippen molar-refractivity contribution < 1.29 is 19.1 Å². The standard InChI is InChI=1S/C25H23N5O4S/c1-4-29-20(13-35-25-27-18-10-9-17(23(31)32)11-19(18)34-25)28-22-21(29)15(3)26-24(33)30(22)12-16-7-5-14(2)6-8-16/h5-11H,3-4,12-13H2,1-2H3,(H,26,33)(H,31,32). The largest absolute Gasteiger partial charge is 0.478 e. The topological polar surface area (TPSA) is 113 Å². The van der Waals surface area contributed by atoms with Crippen molar-refractivity contribution in [3.8, 4) is 0 Å². The number of hydrogen-bond donors (Lipinski definition) is 2. The maximum atomic E-state index is 12.8. The summed E-state index contributed by atoms with van der Waals surface area (Å²) in [5, 5.41) is 12.5. The van der Waals surface area contributed by atoms with Gasteiger partial charge in [0.1, 0.15) is 17.0 Å². The lowest BCUT2D eigenvalue weighted by Crippen LogP contribution is -2.43. The Kier molecular flexibility index (Phi) is 5.81. The molecule has 2 aromatic carbocycles. The van der Waals surface area contributed by atoms with Gasteiger partial charge in [0, 0.05) is 6.54 Å². The average Bonchev–Trinajstić information content (AvgIpc) is 3.42. The number of anilines is 1. The lowest BCUT2D eigenvalue weighted by Gasteiger charge is -2.28. The van der Waals surface area contributed by atoms with Crippen LogP contribution in [0, 0.1) is 6.92 Å². The highest BCUT2D eigenvalue weighted by Crippen LogP contribution is 2.34. The summed E-state index contributed by atoms with van der Waals surface area (Å²) < 4.78 is 7.79. The summed E-state index contributed by atoms with van der Waals surface area (Å²) in [6.07, 6.45) is 0. The zero-order valence-corrected chi connectivity index (χ0v) is 20.1. The number of imidazole rings is 1. The molecular weight excluding hydrogens is 466 g/mol. The fourth-order valence-corrected chi connectivity index (χ4v) is 4.81. The second-order valence-corrected chi connectivity index (χ2v) is 9.11. The number of fused-ring (bicyclic) bond motifs is 2. The Morgan fingerprint density at radius 1 is 1.20 bits per heavy atom. The lowest BCUT2D eigenvalue weighted by molar-refractivity contribution is 0.0697. The van der Waals surface area contributed by atoms with Gasteiger partial charge < -0.3 is 19.4 Å². The number of amides is 2. The maximum Gasteiger partial charge on any atom is 0.335 e. The summed E-state index contributed by atoms with van der Waals surface area (Å²) in [6, 6.07) is 12.4. The molecule has 5 rings (SSSR count). The minimum Gasteiger partial charge on any atom is -0.478 e. The minimum absolute atomic E-state index is 0.142. The third-order valence-electron chi connectivity index (χ3n) is 5.79. The number of carbonyl (C=O) groups excluding carboxylic acids is 1. The van der Waals surface area contributed by atoms with Crippen molar-refractivity contribution in [2.45, 2.75) is 37.9 Å². The van der Waals surface area contributed by atoms with Crippen LogP contribution >= 0.6 is 11.8 Å². The molecule has 3 heterocycles. The van der Waals surface area contributed by atoms with Crippen LogP contribution in [0.25, 0.3) is 16.8 Å². The lowest BCUT2D eigenvalue weighted by atomic mass is 10.1. The van der Waals surface area contributed by atoms with E-state index < -0.39 is 5.97 Å². The molecular formula is C25H23N5O4S. The van der Waals surface area contributed by atoms with Gasteiger partial charge in [-0.1, -0.05) is 48.2 Å². The van der Waals surface area contributed by atoms with Gasteiger partial charge in [-0.3, -0.25) is 4.90 Å². The van der Waals surface area contributed by atoms with E-state index >= 15 is 0 Å². The smallest absolute Gasteiger partial charge is 0.335 e. The SMILES string of the molecule is C=C1NC(=O)N(Cc2ccc(C)cc2)c2nc(CSc3nc4ccc(C(=O)O)cc4o3)n(CC)c21. The molecule has 35 heavy (non-hydrogen) atoms. The van der Waals surface area contributed by atoms with Crippen LogP contribution in [0.4, 0.5) is 10.6 Å². The second-order valence-electron chi connectivity index (χ2n) is 8.18. The maximum absolute atomic E-state index is 12.8. The van der Waals surface area contributed by atoms with Crippen molar-refractivity contribution in [3.63, 3.8) is 0 Å². The van der Waals surface area contributed by atoms with E-state index in [1.54, 1.807) is 11.0 Å². The van der Waals surface area contributed by atoms with Crippen LogP contribution in [0.15, 0.2) is 58.7 Å². The Morgan fingerprint density at radius 2 is 1.97 bits per heavy atom. The van der Waals surface area contributed by atoms with Gasteiger partial charge in [-0.2, -0.15) is 0 Å². The second kappa shape index (κ2) is 8.95. The van der Waals surface area contributed by atoms with Crippen molar-refractivity contribution in [1.82, 2.24) is 19.9 Å². The molecule has 0 atom stereocenters. The van der Waals surface area contributed by atoms with Crippen molar-refractivity contribution >= 4 is 46.4 Å². The molecule has 4 aromatic rings. The fraction of sp³-hybridized carbons (Fsp3) is 0.200. The number of nitrogens with zero attached hydrogens (tertiary/aromatic N) is 4. The Balaban J connectivity index is 1.43. The van der Waals surface area contributed by atoms with Gasteiger partial charge in [-0.15, -0.1) is 0 Å². The first-order chi connectivity index (χ1) is 16.8. The number of carboxylic acids is 1. The van der Waals surface area contributed by atoms with Crippen LogP contribution in [0.3, 0.4) is 0 Å². The molecule has 2 amide bonds. The summed E-state index contributed by atoms with van der Waals surface area (Å²) in [7, 11) is 0. The molecule has 2 N–H and O–H groups in total. The van der Waals surface area contributed by atoms with E-state index in [0.29, 0.717) is 46.7 Å². The Morgan fingerprint density at radius 3 is 2.69 bits per heavy atom. The van der Waals surface area contributed by atoms with Gasteiger partial charge in [-0.05, 0) is 37.6 Å². The Bertz CT molecular complexity index is 1470. The highest BCUT2D eigenvalue weighted by molar-refractivity contribution is 7.98. The number of benzene rings is 2. The molecule has 10 heteroatoms. The quantitative estimate of drug-likeness (QED) is 0.350. The van der Waals surface area contributed by atoms with E-state index in [4.69, 9.17) is 9.40 Å². The van der Waals surface area contributed by atoms with E-state index in [2.05, 4.69) is 16.9 Å². The van der Waals surface area contributed by atoms with Crippen LogP contribution in [0.1, 0.15) is 39.9 Å². The molecule has 2 aromatic heterocycles. The van der Waals surface area contributed by atoms with Crippen LogP contribution in [-0.2, 0) is 18.8 Å². The molecule has 0 saturated heterocycles. The van der Waals surface area contributed by atoms with Gasteiger partial charge in [0.05, 0.1) is 23.6 Å². The zero-order valence-electron chi connectivity index (χ0n) is 19.2. The van der Waals surface area contributed by atoms with Crippen molar-refractivity contribution in [3.05, 3.63) is 77.3 Å². The molecule has 0 radical (unpaired) electrons. The monoisotopic (exact) mass is 489 g/mol. The molecule has 0 bridgehead atoms. The fourth-order valence-electron chi connectivity index (χ4n) is 4.02. The number of urea groups is 1. The highest BCUT2D eigenvalue weighted by Gasteiger charge is 2.32. The van der Waals surface area contributed by atoms with E-state index in [1.165, 1.54) is 23.9 Å². The van der Waals surface area contributed by atoms with Gasteiger partial charge in [0.25, 0.3) is 5.22 Å². The molecule has 0 unspecified atom stereocenters. The molecule has 0 aliphatic carbocycles. The van der Waals surface area contributed by atoms with Crippen LogP contribution in [0.2, 0.25) is 0 Å². The van der Waals surface area contributed by atoms with Gasteiger partial charge in [0.15, 0.2) is 11.4 Å². The predicted molar refractivity (Wildman–Crippen MR) is 133 cm³/mol. The number of rotatable bonds is 7. The molecule has 9 nitrogen and oxygen atoms in total. The van der Waals surface area contributed by atoms with Gasteiger partial charge >= 0.3 is 12.0 Å². The van der Waals surface area contributed by atoms with Crippen molar-refractivity contribution in [2.75, 3.05) is 4.90 Å². The van der Waals surface area contributed by atoms with Crippen LogP contribution < -0.4 is 10.2 Å². The number of thioether (sulfide) groups is 1. The number of nitrogens with one attached hydrogen (secondary N) is 1.